The van der Waals surface area contributed by atoms with Crippen molar-refractivity contribution in [3.63, 3.8) is 0 Å². The Morgan fingerprint density at radius 1 is 1.21 bits per heavy atom. The molecule has 12 heteroatoms. The van der Waals surface area contributed by atoms with Crippen molar-refractivity contribution in [3.05, 3.63) is 43.1 Å². The number of likely N-dealkylation sites (N-methyl/N-ethyl adjacent to an activating group) is 1. The number of ether oxygens (including phenoxy) is 1. The molecule has 1 aromatic heterocycles. The molecule has 0 spiro atoms. The number of sulfonamides is 1. The Hall–Kier alpha value is -3.12. The highest BCUT2D eigenvalue weighted by atomic mass is 32.2. The maximum atomic E-state index is 13.3. The lowest BCUT2D eigenvalue weighted by molar-refractivity contribution is -0.138. The third kappa shape index (κ3) is 5.28. The molecule has 3 rings (SSSR count). The van der Waals surface area contributed by atoms with E-state index in [2.05, 4.69) is 16.3 Å². The molecule has 0 atom stereocenters. The van der Waals surface area contributed by atoms with Crippen LogP contribution in [0.4, 0.5) is 8.78 Å². The number of alkyl halides is 2. The lowest BCUT2D eigenvalue weighted by atomic mass is 10.2. The van der Waals surface area contributed by atoms with Gasteiger partial charge in [-0.3, -0.25) is 9.59 Å². The molecular formula is C21H24F2N4O5S. The van der Waals surface area contributed by atoms with Gasteiger partial charge in [-0.15, -0.1) is 0 Å². The number of fused-ring (bicyclic) bond motifs is 1. The Balaban J connectivity index is 1.77. The van der Waals surface area contributed by atoms with Crippen molar-refractivity contribution in [2.45, 2.75) is 18.4 Å². The maximum absolute atomic E-state index is 13.3. The van der Waals surface area contributed by atoms with Gasteiger partial charge in [0.15, 0.2) is 0 Å². The van der Waals surface area contributed by atoms with E-state index in [-0.39, 0.29) is 66.1 Å². The highest BCUT2D eigenvalue weighted by Gasteiger charge is 2.32. The Labute approximate surface area is 190 Å². The second-order valence-electron chi connectivity index (χ2n) is 7.19. The van der Waals surface area contributed by atoms with Crippen LogP contribution >= 0.6 is 0 Å². The highest BCUT2D eigenvalue weighted by Crippen LogP contribution is 2.31. The number of halogens is 2. The molecule has 1 aliphatic heterocycles. The van der Waals surface area contributed by atoms with Gasteiger partial charge >= 0.3 is 6.61 Å². The van der Waals surface area contributed by atoms with Crippen LogP contribution in [0.2, 0.25) is 0 Å². The predicted molar refractivity (Wildman–Crippen MR) is 116 cm³/mol. The number of benzene rings is 1. The molecular weight excluding hydrogens is 458 g/mol. The molecule has 33 heavy (non-hydrogen) atoms. The van der Waals surface area contributed by atoms with E-state index < -0.39 is 16.6 Å². The molecule has 2 amide bonds. The number of pyridine rings is 1. The summed E-state index contributed by atoms with van der Waals surface area (Å²) in [4.78, 5) is 30.9. The summed E-state index contributed by atoms with van der Waals surface area (Å²) >= 11 is 0. The molecule has 2 aromatic rings. The standard InChI is InChI=1S/C21H24F2N4O5S/c1-3-18(28)25(4-2)14-19(29)26-10-12-27(13-11-26)33(30,31)17-7-5-6-16-15(17)8-9-24-20(16)32-21(22)23/h3,5-9,21H,1,4,10-14H2,2H3. The van der Waals surface area contributed by atoms with Crippen LogP contribution in [0.15, 0.2) is 48.0 Å². The van der Waals surface area contributed by atoms with Gasteiger partial charge in [0, 0.05) is 49.7 Å². The molecule has 0 bridgehead atoms. The van der Waals surface area contributed by atoms with Crippen LogP contribution < -0.4 is 4.74 Å². The Kier molecular flexibility index (Phi) is 7.59. The van der Waals surface area contributed by atoms with Crippen LogP contribution in [0, 0.1) is 0 Å². The number of hydrogen-bond donors (Lipinski definition) is 0. The predicted octanol–water partition coefficient (Wildman–Crippen LogP) is 1.70. The van der Waals surface area contributed by atoms with Gasteiger partial charge in [0.2, 0.25) is 27.7 Å². The molecule has 0 N–H and O–H groups in total. The van der Waals surface area contributed by atoms with Gasteiger partial charge in [0.05, 0.1) is 11.4 Å². The summed E-state index contributed by atoms with van der Waals surface area (Å²) in [5.74, 6) is -0.994. The van der Waals surface area contributed by atoms with Crippen molar-refractivity contribution >= 4 is 32.6 Å². The van der Waals surface area contributed by atoms with Crippen LogP contribution in [-0.2, 0) is 19.6 Å². The molecule has 1 fully saturated rings. The molecule has 1 aliphatic rings. The van der Waals surface area contributed by atoms with E-state index in [0.717, 1.165) is 6.08 Å². The van der Waals surface area contributed by atoms with Gasteiger partial charge in [-0.1, -0.05) is 12.6 Å². The number of nitrogens with zero attached hydrogens (tertiary/aromatic N) is 4. The average molecular weight is 483 g/mol. The van der Waals surface area contributed by atoms with E-state index in [1.165, 1.54) is 44.6 Å². The molecule has 0 aliphatic carbocycles. The molecule has 178 valence electrons. The summed E-state index contributed by atoms with van der Waals surface area (Å²) in [7, 11) is -3.98. The smallest absolute Gasteiger partial charge is 0.388 e. The molecule has 2 heterocycles. The van der Waals surface area contributed by atoms with Gasteiger partial charge in [0.1, 0.15) is 0 Å². The largest absolute Gasteiger partial charge is 0.416 e. The van der Waals surface area contributed by atoms with Crippen molar-refractivity contribution in [1.82, 2.24) is 19.1 Å². The fraction of sp³-hybridized carbons (Fsp3) is 0.381. The Bertz CT molecular complexity index is 1150. The summed E-state index contributed by atoms with van der Waals surface area (Å²) in [6, 6.07) is 5.71. The summed E-state index contributed by atoms with van der Waals surface area (Å²) in [5, 5.41) is 0.363. The summed E-state index contributed by atoms with van der Waals surface area (Å²) in [6.45, 7) is 2.72. The zero-order valence-corrected chi connectivity index (χ0v) is 18.8. The zero-order valence-electron chi connectivity index (χ0n) is 18.0. The lowest BCUT2D eigenvalue weighted by Gasteiger charge is -2.35. The van der Waals surface area contributed by atoms with Crippen molar-refractivity contribution in [1.29, 1.82) is 0 Å². The van der Waals surface area contributed by atoms with Gasteiger partial charge in [-0.05, 0) is 31.2 Å². The number of carbonyl (C=O) groups excluding carboxylic acids is 2. The van der Waals surface area contributed by atoms with Crippen LogP contribution in [-0.4, -0.2) is 85.2 Å². The molecule has 1 aromatic carbocycles. The van der Waals surface area contributed by atoms with E-state index in [4.69, 9.17) is 0 Å². The van der Waals surface area contributed by atoms with Crippen LogP contribution in [0.5, 0.6) is 5.88 Å². The number of rotatable bonds is 8. The zero-order chi connectivity index (χ0) is 24.2. The third-order valence-electron chi connectivity index (χ3n) is 5.33. The quantitative estimate of drug-likeness (QED) is 0.531. The Morgan fingerprint density at radius 2 is 1.91 bits per heavy atom. The van der Waals surface area contributed by atoms with Crippen LogP contribution in [0.3, 0.4) is 0 Å². The third-order valence-corrected chi connectivity index (χ3v) is 7.29. The summed E-state index contributed by atoms with van der Waals surface area (Å²) in [6.07, 6.45) is 2.35. The van der Waals surface area contributed by atoms with E-state index in [0.29, 0.717) is 6.54 Å². The number of amides is 2. The SMILES string of the molecule is C=CC(=O)N(CC)CC(=O)N1CCN(S(=O)(=O)c2cccc3c(OC(F)F)nccc23)CC1. The van der Waals surface area contributed by atoms with Crippen molar-refractivity contribution in [2.75, 3.05) is 39.3 Å². The van der Waals surface area contributed by atoms with Crippen molar-refractivity contribution in [2.24, 2.45) is 0 Å². The van der Waals surface area contributed by atoms with E-state index in [1.54, 1.807) is 6.92 Å². The Morgan fingerprint density at radius 3 is 2.52 bits per heavy atom. The maximum Gasteiger partial charge on any atom is 0.388 e. The second-order valence-corrected chi connectivity index (χ2v) is 9.09. The first-order valence-electron chi connectivity index (χ1n) is 10.2. The molecule has 0 unspecified atom stereocenters. The molecule has 9 nitrogen and oxygen atoms in total. The lowest BCUT2D eigenvalue weighted by Crippen LogP contribution is -2.52. The van der Waals surface area contributed by atoms with E-state index in [1.807, 2.05) is 0 Å². The van der Waals surface area contributed by atoms with Crippen molar-refractivity contribution < 1.29 is 31.5 Å². The van der Waals surface area contributed by atoms with Crippen molar-refractivity contribution in [3.8, 4) is 5.88 Å². The van der Waals surface area contributed by atoms with Gasteiger partial charge < -0.3 is 14.5 Å². The number of hydrogen-bond acceptors (Lipinski definition) is 6. The van der Waals surface area contributed by atoms with E-state index in [9.17, 15) is 26.8 Å². The summed E-state index contributed by atoms with van der Waals surface area (Å²) in [5.41, 5.74) is 0. The minimum absolute atomic E-state index is 0.0530. The fourth-order valence-electron chi connectivity index (χ4n) is 3.61. The first kappa shape index (κ1) is 24.5. The van der Waals surface area contributed by atoms with E-state index >= 15 is 0 Å². The minimum Gasteiger partial charge on any atom is -0.416 e. The van der Waals surface area contributed by atoms with Gasteiger partial charge in [-0.2, -0.15) is 13.1 Å². The topological polar surface area (TPSA) is 100 Å². The summed E-state index contributed by atoms with van der Waals surface area (Å²) < 4.78 is 57.7. The van der Waals surface area contributed by atoms with Gasteiger partial charge in [0.25, 0.3) is 0 Å². The average Bonchev–Trinajstić information content (AvgIpc) is 2.81. The number of aromatic nitrogens is 1. The molecule has 0 radical (unpaired) electrons. The number of carbonyl (C=O) groups is 2. The molecule has 1 saturated heterocycles. The number of piperazine rings is 1. The normalized spacial score (nSPS) is 15.0. The highest BCUT2D eigenvalue weighted by molar-refractivity contribution is 7.89. The fourth-order valence-corrected chi connectivity index (χ4v) is 5.24. The first-order chi connectivity index (χ1) is 15.7. The minimum atomic E-state index is -3.98. The molecule has 0 saturated carbocycles. The monoisotopic (exact) mass is 482 g/mol. The van der Waals surface area contributed by atoms with Gasteiger partial charge in [-0.25, -0.2) is 13.4 Å². The van der Waals surface area contributed by atoms with Crippen LogP contribution in [0.1, 0.15) is 6.92 Å². The first-order valence-corrected chi connectivity index (χ1v) is 11.6. The second kappa shape index (κ2) is 10.2. The van der Waals surface area contributed by atoms with Crippen LogP contribution in [0.25, 0.3) is 10.8 Å².